The molecule has 0 aliphatic carbocycles. The highest BCUT2D eigenvalue weighted by atomic mass is 17.4. The molecule has 0 aromatic rings. The van der Waals surface area contributed by atoms with Gasteiger partial charge in [-0.1, -0.05) is 108 Å². The molecule has 24 heavy (non-hydrogen) atoms. The van der Waals surface area contributed by atoms with E-state index in [1.807, 2.05) is 0 Å². The van der Waals surface area contributed by atoms with Gasteiger partial charge in [-0.25, -0.2) is 10.5 Å². The molecule has 0 saturated heterocycles. The van der Waals surface area contributed by atoms with E-state index in [4.69, 9.17) is 10.5 Å². The summed E-state index contributed by atoms with van der Waals surface area (Å²) in [4.78, 5) is 2.30. The molecule has 2 N–H and O–H groups in total. The van der Waals surface area contributed by atoms with Crippen LogP contribution >= 0.6 is 0 Å². The van der Waals surface area contributed by atoms with E-state index in [1.54, 1.807) is 0 Å². The Bertz CT molecular complexity index is 201. The van der Waals surface area contributed by atoms with Crippen LogP contribution in [-0.4, -0.2) is 36.1 Å². The third-order valence-electron chi connectivity index (χ3n) is 4.46. The van der Waals surface area contributed by atoms with Gasteiger partial charge in [0.2, 0.25) is 0 Å². The normalized spacial score (nSPS) is 10.8. The molecule has 0 radical (unpaired) electrons. The molecular weight excluding hydrogens is 302 g/mol. The summed E-state index contributed by atoms with van der Waals surface area (Å²) in [6, 6.07) is 0. The largest absolute Gasteiger partial charge is 0.309 e. The van der Waals surface area contributed by atoms with E-state index in [2.05, 4.69) is 31.0 Å². The van der Waals surface area contributed by atoms with Crippen LogP contribution in [0.4, 0.5) is 0 Å². The van der Waals surface area contributed by atoms with E-state index >= 15 is 0 Å². The SMILES string of the molecule is CCCCCCCCCCCCCCCCCCN(C)C.OOO. The van der Waals surface area contributed by atoms with Crippen molar-refractivity contribution < 1.29 is 15.6 Å². The Kier molecular flexibility index (Phi) is 27.3. The van der Waals surface area contributed by atoms with Gasteiger partial charge in [-0.05, 0) is 27.1 Å². The molecule has 0 saturated carbocycles. The van der Waals surface area contributed by atoms with Crippen LogP contribution in [0, 0.1) is 0 Å². The predicted molar refractivity (Wildman–Crippen MR) is 104 cm³/mol. The van der Waals surface area contributed by atoms with Crippen molar-refractivity contribution in [1.82, 2.24) is 4.90 Å². The molecule has 0 rings (SSSR count). The van der Waals surface area contributed by atoms with E-state index in [0.29, 0.717) is 0 Å². The molecule has 0 spiro atoms. The molecule has 0 aromatic carbocycles. The van der Waals surface area contributed by atoms with Crippen LogP contribution in [0.15, 0.2) is 0 Å². The van der Waals surface area contributed by atoms with Crippen LogP contribution in [0.25, 0.3) is 0 Å². The Balaban J connectivity index is 0. The molecule has 4 heteroatoms. The second-order valence-corrected chi connectivity index (χ2v) is 7.19. The van der Waals surface area contributed by atoms with Gasteiger partial charge in [0.1, 0.15) is 0 Å². The molecule has 0 aliphatic rings. The minimum atomic E-state index is 1.26. The lowest BCUT2D eigenvalue weighted by Crippen LogP contribution is -2.12. The highest BCUT2D eigenvalue weighted by Gasteiger charge is 1.95. The fourth-order valence-electron chi connectivity index (χ4n) is 2.98. The van der Waals surface area contributed by atoms with Gasteiger partial charge in [-0.3, -0.25) is 0 Å². The van der Waals surface area contributed by atoms with Crippen molar-refractivity contribution in [3.8, 4) is 0 Å². The standard InChI is InChI=1S/C20H43N.H2O3/c1-4-5-6-7-8-9-10-11-12-13-14-15-16-17-18-19-20-21(2)3;1-3-2/h4-20H2,1-3H3;1-2H. The Morgan fingerprint density at radius 3 is 1.04 bits per heavy atom. The molecule has 0 unspecified atom stereocenters. The van der Waals surface area contributed by atoms with Crippen molar-refractivity contribution in [3.05, 3.63) is 0 Å². The van der Waals surface area contributed by atoms with Crippen LogP contribution in [0.1, 0.15) is 110 Å². The number of rotatable bonds is 17. The highest BCUT2D eigenvalue weighted by Crippen LogP contribution is 2.13. The maximum absolute atomic E-state index is 6.62. The van der Waals surface area contributed by atoms with Crippen molar-refractivity contribution in [3.63, 3.8) is 0 Å². The van der Waals surface area contributed by atoms with Crippen LogP contribution in [0.3, 0.4) is 0 Å². The molecule has 0 heterocycles. The third-order valence-corrected chi connectivity index (χ3v) is 4.46. The van der Waals surface area contributed by atoms with Crippen molar-refractivity contribution in [2.24, 2.45) is 0 Å². The quantitative estimate of drug-likeness (QED) is 0.173. The van der Waals surface area contributed by atoms with E-state index < -0.39 is 0 Å². The summed E-state index contributed by atoms with van der Waals surface area (Å²) in [5, 5.41) is 15.5. The van der Waals surface area contributed by atoms with Gasteiger partial charge in [0, 0.05) is 0 Å². The molecule has 4 nitrogen and oxygen atoms in total. The maximum atomic E-state index is 6.62. The molecule has 0 bridgehead atoms. The summed E-state index contributed by atoms with van der Waals surface area (Å²) < 4.78 is 0. The first-order chi connectivity index (χ1) is 11.7. The number of unbranched alkanes of at least 4 members (excludes halogenated alkanes) is 15. The summed E-state index contributed by atoms with van der Waals surface area (Å²) in [6.45, 7) is 3.56. The first-order valence-electron chi connectivity index (χ1n) is 10.3. The molecule has 0 fully saturated rings. The van der Waals surface area contributed by atoms with Crippen LogP contribution in [-0.2, 0) is 5.04 Å². The lowest BCUT2D eigenvalue weighted by Gasteiger charge is -2.08. The lowest BCUT2D eigenvalue weighted by atomic mass is 10.0. The minimum Gasteiger partial charge on any atom is -0.309 e. The van der Waals surface area contributed by atoms with Gasteiger partial charge in [0.05, 0.1) is 0 Å². The van der Waals surface area contributed by atoms with Gasteiger partial charge in [-0.2, -0.15) is 0 Å². The zero-order valence-electron chi connectivity index (χ0n) is 16.8. The first kappa shape index (κ1) is 26.1. The van der Waals surface area contributed by atoms with Gasteiger partial charge in [0.25, 0.3) is 0 Å². The van der Waals surface area contributed by atoms with Gasteiger partial charge in [0.15, 0.2) is 0 Å². The monoisotopic (exact) mass is 347 g/mol. The minimum absolute atomic E-state index is 1.26. The first-order valence-corrected chi connectivity index (χ1v) is 10.3. The van der Waals surface area contributed by atoms with Crippen LogP contribution in [0.2, 0.25) is 0 Å². The van der Waals surface area contributed by atoms with Crippen LogP contribution in [0.5, 0.6) is 0 Å². The summed E-state index contributed by atoms with van der Waals surface area (Å²) in [5.74, 6) is 0. The Labute approximate surface area is 151 Å². The van der Waals surface area contributed by atoms with Crippen molar-refractivity contribution in [2.45, 2.75) is 110 Å². The van der Waals surface area contributed by atoms with Crippen LogP contribution < -0.4 is 0 Å². The Hall–Kier alpha value is -0.160. The maximum Gasteiger partial charge on any atom is -0.00248 e. The summed E-state index contributed by atoms with van der Waals surface area (Å²) in [7, 11) is 4.34. The van der Waals surface area contributed by atoms with E-state index in [-0.39, 0.29) is 0 Å². The molecule has 0 amide bonds. The number of nitrogens with zero attached hydrogens (tertiary/aromatic N) is 1. The number of hydrogen-bond acceptors (Lipinski definition) is 4. The zero-order valence-corrected chi connectivity index (χ0v) is 16.8. The zero-order chi connectivity index (χ0) is 18.3. The average Bonchev–Trinajstić information content (AvgIpc) is 2.55. The van der Waals surface area contributed by atoms with Gasteiger partial charge in [-0.15, -0.1) is 0 Å². The summed E-state index contributed by atoms with van der Waals surface area (Å²) in [5.41, 5.74) is 0. The molecule has 0 aromatic heterocycles. The van der Waals surface area contributed by atoms with E-state index in [9.17, 15) is 0 Å². The van der Waals surface area contributed by atoms with Crippen molar-refractivity contribution in [2.75, 3.05) is 20.6 Å². The molecule has 0 aliphatic heterocycles. The van der Waals surface area contributed by atoms with E-state index in [1.165, 1.54) is 109 Å². The highest BCUT2D eigenvalue weighted by molar-refractivity contribution is 4.50. The summed E-state index contributed by atoms with van der Waals surface area (Å²) >= 11 is 0. The number of hydrogen-bond donors (Lipinski definition) is 2. The van der Waals surface area contributed by atoms with Crippen molar-refractivity contribution >= 4 is 0 Å². The average molecular weight is 348 g/mol. The fraction of sp³-hybridized carbons (Fsp3) is 1.00. The predicted octanol–water partition coefficient (Wildman–Crippen LogP) is 6.76. The fourth-order valence-corrected chi connectivity index (χ4v) is 2.98. The molecule has 0 atom stereocenters. The van der Waals surface area contributed by atoms with Gasteiger partial charge < -0.3 is 4.90 Å². The molecule has 148 valence electrons. The second-order valence-electron chi connectivity index (χ2n) is 7.19. The van der Waals surface area contributed by atoms with Crippen molar-refractivity contribution in [1.29, 1.82) is 0 Å². The summed E-state index contributed by atoms with van der Waals surface area (Å²) in [6.07, 6.45) is 23.3. The Morgan fingerprint density at radius 2 is 0.792 bits per heavy atom. The smallest absolute Gasteiger partial charge is 0.00248 e. The third kappa shape index (κ3) is 29.8. The lowest BCUT2D eigenvalue weighted by molar-refractivity contribution is -0.465. The Morgan fingerprint density at radius 1 is 0.542 bits per heavy atom. The van der Waals surface area contributed by atoms with Gasteiger partial charge >= 0.3 is 0 Å². The van der Waals surface area contributed by atoms with E-state index in [0.717, 1.165) is 0 Å². The molecular formula is C20H45NO3. The second kappa shape index (κ2) is 25.1. The topological polar surface area (TPSA) is 52.9 Å².